The van der Waals surface area contributed by atoms with E-state index in [2.05, 4.69) is 9.72 Å². The molecule has 198 valence electrons. The average Bonchev–Trinajstić information content (AvgIpc) is 3.04. The number of aromatic nitrogens is 2. The van der Waals surface area contributed by atoms with Crippen molar-refractivity contribution in [1.29, 1.82) is 5.26 Å². The predicted octanol–water partition coefficient (Wildman–Crippen LogP) is 5.58. The van der Waals surface area contributed by atoms with Crippen LogP contribution in [0.5, 0.6) is 5.75 Å². The summed E-state index contributed by atoms with van der Waals surface area (Å²) in [5, 5.41) is 10.0. The molecule has 1 aliphatic carbocycles. The van der Waals surface area contributed by atoms with E-state index >= 15 is 0 Å². The van der Waals surface area contributed by atoms with Crippen LogP contribution in [0.3, 0.4) is 0 Å². The Hall–Kier alpha value is -3.31. The van der Waals surface area contributed by atoms with Gasteiger partial charge in [0.25, 0.3) is 0 Å². The molecule has 2 heterocycles. The monoisotopic (exact) mass is 546 g/mol. The maximum atomic E-state index is 14.5. The Morgan fingerprint density at radius 2 is 1.92 bits per heavy atom. The molecule has 0 radical (unpaired) electrons. The molecule has 7 nitrogen and oxygen atoms in total. The van der Waals surface area contributed by atoms with E-state index in [1.807, 2.05) is 6.07 Å². The Balaban J connectivity index is 1.88. The van der Waals surface area contributed by atoms with Crippen molar-refractivity contribution in [3.05, 3.63) is 41.3 Å². The number of ether oxygens (including phenoxy) is 1. The smallest absolute Gasteiger partial charge is 0.404 e. The first-order valence-corrected chi connectivity index (χ1v) is 12.5. The number of halogens is 6. The quantitative estimate of drug-likeness (QED) is 0.391. The Labute approximate surface area is 207 Å². The van der Waals surface area contributed by atoms with Gasteiger partial charge in [-0.3, -0.25) is 4.98 Å². The van der Waals surface area contributed by atoms with E-state index in [4.69, 9.17) is 0 Å². The highest BCUT2D eigenvalue weighted by molar-refractivity contribution is 7.89. The second-order valence-corrected chi connectivity index (χ2v) is 10.4. The lowest BCUT2D eigenvalue weighted by atomic mass is 9.92. The van der Waals surface area contributed by atoms with Gasteiger partial charge in [0.1, 0.15) is 17.0 Å². The third-order valence-electron chi connectivity index (χ3n) is 6.24. The summed E-state index contributed by atoms with van der Waals surface area (Å²) in [5.41, 5.74) is 0.603. The molecule has 1 unspecified atom stereocenters. The zero-order chi connectivity index (χ0) is 27.3. The molecule has 1 fully saturated rings. The SMILES string of the molecule is Cc1cc(-c2c(C#N)c3cc(F)c(OC(F)F)cc3n2C2CCC2)ncc1S(=O)(=O)NC(C)C(F)(F)F. The largest absolute Gasteiger partial charge is 0.432 e. The minimum Gasteiger partial charge on any atom is -0.432 e. The summed E-state index contributed by atoms with van der Waals surface area (Å²) in [5.74, 6) is -1.80. The van der Waals surface area contributed by atoms with E-state index < -0.39 is 45.3 Å². The molecule has 1 atom stereocenters. The zero-order valence-electron chi connectivity index (χ0n) is 19.4. The van der Waals surface area contributed by atoms with Gasteiger partial charge >= 0.3 is 12.8 Å². The van der Waals surface area contributed by atoms with Crippen molar-refractivity contribution >= 4 is 20.9 Å². The third kappa shape index (κ3) is 4.97. The predicted molar refractivity (Wildman–Crippen MR) is 120 cm³/mol. The second-order valence-electron chi connectivity index (χ2n) is 8.69. The number of hydrogen-bond donors (Lipinski definition) is 1. The molecule has 0 aliphatic heterocycles. The van der Waals surface area contributed by atoms with Gasteiger partial charge in [-0.2, -0.15) is 31.9 Å². The lowest BCUT2D eigenvalue weighted by Crippen LogP contribution is -2.43. The molecule has 37 heavy (non-hydrogen) atoms. The molecule has 1 aliphatic rings. The maximum absolute atomic E-state index is 14.5. The van der Waals surface area contributed by atoms with Gasteiger partial charge in [0.05, 0.1) is 22.5 Å². The van der Waals surface area contributed by atoms with Crippen molar-refractivity contribution in [2.45, 2.75) is 62.9 Å². The number of sulfonamides is 1. The minimum absolute atomic E-state index is 0.0178. The number of nitrogens with one attached hydrogen (secondary N) is 1. The van der Waals surface area contributed by atoms with Gasteiger partial charge < -0.3 is 9.30 Å². The molecule has 1 saturated carbocycles. The van der Waals surface area contributed by atoms with Crippen molar-refractivity contribution in [3.63, 3.8) is 0 Å². The second kappa shape index (κ2) is 9.53. The van der Waals surface area contributed by atoms with E-state index in [1.54, 1.807) is 9.29 Å². The van der Waals surface area contributed by atoms with Crippen molar-refractivity contribution < 1.29 is 39.5 Å². The summed E-state index contributed by atoms with van der Waals surface area (Å²) in [6.45, 7) is -1.26. The number of aryl methyl sites for hydroxylation is 1. The number of hydrogen-bond acceptors (Lipinski definition) is 5. The molecule has 3 aromatic rings. The molecule has 4 rings (SSSR count). The summed E-state index contributed by atoms with van der Waals surface area (Å²) in [6, 6.07) is 2.75. The number of fused-ring (bicyclic) bond motifs is 1. The molecule has 0 spiro atoms. The van der Waals surface area contributed by atoms with Crippen LogP contribution in [0.15, 0.2) is 29.3 Å². The normalized spacial score (nSPS) is 15.6. The molecule has 0 saturated heterocycles. The zero-order valence-corrected chi connectivity index (χ0v) is 20.2. The van der Waals surface area contributed by atoms with Gasteiger partial charge in [-0.05, 0) is 50.8 Å². The average molecular weight is 546 g/mol. The van der Waals surface area contributed by atoms with Gasteiger partial charge in [0.2, 0.25) is 10.0 Å². The van der Waals surface area contributed by atoms with Crippen molar-refractivity contribution in [1.82, 2.24) is 14.3 Å². The first-order chi connectivity index (χ1) is 17.2. The van der Waals surface area contributed by atoms with Gasteiger partial charge in [-0.15, -0.1) is 0 Å². The van der Waals surface area contributed by atoms with Crippen LogP contribution in [-0.2, 0) is 10.0 Å². The highest BCUT2D eigenvalue weighted by Crippen LogP contribution is 2.44. The maximum Gasteiger partial charge on any atom is 0.404 e. The summed E-state index contributed by atoms with van der Waals surface area (Å²) < 4.78 is 112. The highest BCUT2D eigenvalue weighted by Gasteiger charge is 2.39. The number of alkyl halides is 5. The van der Waals surface area contributed by atoms with Crippen LogP contribution >= 0.6 is 0 Å². The van der Waals surface area contributed by atoms with Crippen LogP contribution in [0, 0.1) is 24.1 Å². The van der Waals surface area contributed by atoms with Gasteiger partial charge in [-0.25, -0.2) is 12.8 Å². The van der Waals surface area contributed by atoms with Crippen molar-refractivity contribution in [2.75, 3.05) is 0 Å². The molecule has 0 bridgehead atoms. The standard InChI is InChI=1S/C23H20F6N4O3S/c1-11-6-17(31-10-20(11)37(34,35)32-12(2)23(27,28)29)21-15(9-30)14-7-16(24)19(36-22(25)26)8-18(14)33(21)13-4-3-5-13/h6-8,10,12-13,22,32H,3-5H2,1-2H3. The third-order valence-corrected chi connectivity index (χ3v) is 7.91. The summed E-state index contributed by atoms with van der Waals surface area (Å²) in [7, 11) is -4.60. The Morgan fingerprint density at radius 1 is 1.24 bits per heavy atom. The van der Waals surface area contributed by atoms with Crippen LogP contribution < -0.4 is 9.46 Å². The van der Waals surface area contributed by atoms with Crippen LogP contribution in [-0.4, -0.2) is 36.8 Å². The van der Waals surface area contributed by atoms with Gasteiger partial charge in [0.15, 0.2) is 11.6 Å². The fourth-order valence-corrected chi connectivity index (χ4v) is 5.60. The van der Waals surface area contributed by atoms with Crippen LogP contribution in [0.2, 0.25) is 0 Å². The van der Waals surface area contributed by atoms with Crippen LogP contribution in [0.4, 0.5) is 26.3 Å². The molecular weight excluding hydrogens is 526 g/mol. The number of nitriles is 1. The lowest BCUT2D eigenvalue weighted by Gasteiger charge is -2.30. The molecular formula is C23H20F6N4O3S. The first kappa shape index (κ1) is 26.7. The van der Waals surface area contributed by atoms with E-state index in [0.717, 1.165) is 24.8 Å². The Morgan fingerprint density at radius 3 is 2.43 bits per heavy atom. The van der Waals surface area contributed by atoms with E-state index in [0.29, 0.717) is 19.8 Å². The number of pyridine rings is 1. The molecule has 2 aromatic heterocycles. The molecule has 1 N–H and O–H groups in total. The molecule has 14 heteroatoms. The van der Waals surface area contributed by atoms with Gasteiger partial charge in [0, 0.05) is 23.7 Å². The van der Waals surface area contributed by atoms with E-state index in [-0.39, 0.29) is 39.5 Å². The molecule has 0 amide bonds. The summed E-state index contributed by atoms with van der Waals surface area (Å²) in [4.78, 5) is 3.64. The van der Waals surface area contributed by atoms with Crippen LogP contribution in [0.25, 0.3) is 22.3 Å². The topological polar surface area (TPSA) is 97.0 Å². The summed E-state index contributed by atoms with van der Waals surface area (Å²) in [6.07, 6.45) is -1.72. The fraction of sp³-hybridized carbons (Fsp3) is 0.391. The molecule has 1 aromatic carbocycles. The number of benzene rings is 1. The fourth-order valence-electron chi connectivity index (χ4n) is 4.20. The van der Waals surface area contributed by atoms with Crippen LogP contribution in [0.1, 0.15) is 43.4 Å². The summed E-state index contributed by atoms with van der Waals surface area (Å²) >= 11 is 0. The minimum atomic E-state index is -4.80. The van der Waals surface area contributed by atoms with Crippen molar-refractivity contribution in [2.24, 2.45) is 0 Å². The van der Waals surface area contributed by atoms with E-state index in [9.17, 15) is 40.0 Å². The number of rotatable bonds is 7. The Kier molecular flexibility index (Phi) is 6.89. The van der Waals surface area contributed by atoms with E-state index in [1.165, 1.54) is 13.0 Å². The van der Waals surface area contributed by atoms with Crippen molar-refractivity contribution in [3.8, 4) is 23.2 Å². The highest BCUT2D eigenvalue weighted by atomic mass is 32.2. The first-order valence-electron chi connectivity index (χ1n) is 11.0. The number of nitrogens with zero attached hydrogens (tertiary/aromatic N) is 3. The lowest BCUT2D eigenvalue weighted by molar-refractivity contribution is -0.147. The van der Waals surface area contributed by atoms with Gasteiger partial charge in [-0.1, -0.05) is 0 Å². The Bertz CT molecular complexity index is 1510.